The van der Waals surface area contributed by atoms with Gasteiger partial charge in [0.15, 0.2) is 18.1 Å². The normalized spacial score (nSPS) is 12.3. The fourth-order valence-electron chi connectivity index (χ4n) is 3.69. The molecule has 0 unspecified atom stereocenters. The Labute approximate surface area is 197 Å². The van der Waals surface area contributed by atoms with Gasteiger partial charge in [-0.05, 0) is 67.6 Å². The Hall–Kier alpha value is -3.45. The molecule has 0 radical (unpaired) electrons. The van der Waals surface area contributed by atoms with Gasteiger partial charge in [0.25, 0.3) is 0 Å². The van der Waals surface area contributed by atoms with Crippen LogP contribution in [0.1, 0.15) is 32.9 Å². The van der Waals surface area contributed by atoms with Crippen LogP contribution in [0.25, 0.3) is 6.08 Å². The molecule has 1 aliphatic heterocycles. The fourth-order valence-corrected chi connectivity index (χ4v) is 4.10. The smallest absolute Gasteiger partial charge is 0.331 e. The number of carbonyl (C=O) groups excluding carboxylic acids is 2. The van der Waals surface area contributed by atoms with Gasteiger partial charge in [-0.2, -0.15) is 0 Å². The maximum Gasteiger partial charge on any atom is 0.331 e. The van der Waals surface area contributed by atoms with Crippen molar-refractivity contribution in [2.45, 2.75) is 25.3 Å². The molecule has 1 aliphatic rings. The third-order valence-corrected chi connectivity index (χ3v) is 6.27. The summed E-state index contributed by atoms with van der Waals surface area (Å²) in [6, 6.07) is 15.5. The number of thioether (sulfide) groups is 1. The summed E-state index contributed by atoms with van der Waals surface area (Å²) in [5.41, 5.74) is 4.27. The minimum atomic E-state index is -0.550. The zero-order valence-electron chi connectivity index (χ0n) is 18.8. The Balaban J connectivity index is 1.37. The summed E-state index contributed by atoms with van der Waals surface area (Å²) >= 11 is 1.65. The predicted molar refractivity (Wildman–Crippen MR) is 128 cm³/mol. The largest absolute Gasteiger partial charge is 0.454 e. The number of ketones is 1. The van der Waals surface area contributed by atoms with E-state index in [1.807, 2.05) is 68.6 Å². The maximum atomic E-state index is 12.7. The molecule has 0 N–H and O–H groups in total. The number of rotatable bonds is 8. The van der Waals surface area contributed by atoms with Gasteiger partial charge in [0.1, 0.15) is 0 Å². The summed E-state index contributed by atoms with van der Waals surface area (Å²) < 4.78 is 18.1. The first-order valence-electron chi connectivity index (χ1n) is 10.5. The van der Waals surface area contributed by atoms with Crippen LogP contribution < -0.4 is 9.47 Å². The molecule has 170 valence electrons. The topological polar surface area (TPSA) is 66.8 Å². The number of benzene rings is 2. The second-order valence-corrected chi connectivity index (χ2v) is 8.58. The molecule has 6 nitrogen and oxygen atoms in total. The van der Waals surface area contributed by atoms with Crippen LogP contribution in [-0.4, -0.2) is 36.0 Å². The SMILES string of the molecule is CSc1ccc(C=CC(=O)OCC(=O)c2cc(C)n(Cc3ccc4c(c3)OCO4)c2C)cc1. The lowest BCUT2D eigenvalue weighted by Crippen LogP contribution is -2.13. The highest BCUT2D eigenvalue weighted by Gasteiger charge is 2.18. The number of carbonyl (C=O) groups is 2. The van der Waals surface area contributed by atoms with E-state index in [1.54, 1.807) is 17.8 Å². The van der Waals surface area contributed by atoms with Gasteiger partial charge in [-0.15, -0.1) is 11.8 Å². The van der Waals surface area contributed by atoms with Crippen LogP contribution in [0.3, 0.4) is 0 Å². The summed E-state index contributed by atoms with van der Waals surface area (Å²) in [5.74, 6) is 0.687. The molecule has 0 aliphatic carbocycles. The highest BCUT2D eigenvalue weighted by atomic mass is 32.2. The van der Waals surface area contributed by atoms with Gasteiger partial charge >= 0.3 is 5.97 Å². The van der Waals surface area contributed by atoms with E-state index in [1.165, 1.54) is 6.08 Å². The zero-order valence-corrected chi connectivity index (χ0v) is 19.6. The van der Waals surface area contributed by atoms with Crippen LogP contribution in [-0.2, 0) is 16.1 Å². The van der Waals surface area contributed by atoms with Crippen molar-refractivity contribution in [2.75, 3.05) is 19.7 Å². The summed E-state index contributed by atoms with van der Waals surface area (Å²) in [6.07, 6.45) is 5.02. The van der Waals surface area contributed by atoms with E-state index in [0.717, 1.165) is 38.9 Å². The third kappa shape index (κ3) is 5.31. The Morgan fingerprint density at radius 3 is 2.58 bits per heavy atom. The Morgan fingerprint density at radius 1 is 1.06 bits per heavy atom. The van der Waals surface area contributed by atoms with E-state index in [9.17, 15) is 9.59 Å². The lowest BCUT2D eigenvalue weighted by molar-refractivity contribution is -0.136. The molecule has 2 aromatic carbocycles. The number of hydrogen-bond acceptors (Lipinski definition) is 6. The number of Topliss-reactive ketones (excluding diaryl/α,β-unsaturated/α-hetero) is 1. The van der Waals surface area contributed by atoms with E-state index in [2.05, 4.69) is 4.57 Å². The maximum absolute atomic E-state index is 12.7. The summed E-state index contributed by atoms with van der Waals surface area (Å²) in [4.78, 5) is 26.0. The van der Waals surface area contributed by atoms with Crippen LogP contribution in [0, 0.1) is 13.8 Å². The van der Waals surface area contributed by atoms with Gasteiger partial charge in [0.2, 0.25) is 12.6 Å². The van der Waals surface area contributed by atoms with Crippen molar-refractivity contribution in [3.05, 3.63) is 82.7 Å². The molecule has 0 saturated heterocycles. The molecule has 0 saturated carbocycles. The molecule has 33 heavy (non-hydrogen) atoms. The monoisotopic (exact) mass is 463 g/mol. The average molecular weight is 464 g/mol. The average Bonchev–Trinajstić information content (AvgIpc) is 3.41. The fraction of sp³-hybridized carbons (Fsp3) is 0.231. The van der Waals surface area contributed by atoms with Gasteiger partial charge in [-0.3, -0.25) is 4.79 Å². The number of hydrogen-bond donors (Lipinski definition) is 0. The molecular weight excluding hydrogens is 438 g/mol. The summed E-state index contributed by atoms with van der Waals surface area (Å²) in [5, 5.41) is 0. The lowest BCUT2D eigenvalue weighted by atomic mass is 10.1. The highest BCUT2D eigenvalue weighted by molar-refractivity contribution is 7.98. The Bertz CT molecular complexity index is 1210. The van der Waals surface area contributed by atoms with E-state index in [4.69, 9.17) is 14.2 Å². The lowest BCUT2D eigenvalue weighted by Gasteiger charge is -2.10. The quantitative estimate of drug-likeness (QED) is 0.202. The van der Waals surface area contributed by atoms with Crippen LogP contribution >= 0.6 is 11.8 Å². The van der Waals surface area contributed by atoms with Crippen LogP contribution in [0.2, 0.25) is 0 Å². The molecule has 0 spiro atoms. The van der Waals surface area contributed by atoms with Gasteiger partial charge in [0, 0.05) is 34.5 Å². The van der Waals surface area contributed by atoms with Crippen molar-refractivity contribution in [3.8, 4) is 11.5 Å². The number of ether oxygens (including phenoxy) is 3. The van der Waals surface area contributed by atoms with Crippen LogP contribution in [0.4, 0.5) is 0 Å². The first kappa shape index (κ1) is 22.7. The molecule has 4 rings (SSSR count). The minimum absolute atomic E-state index is 0.230. The van der Waals surface area contributed by atoms with Gasteiger partial charge in [0.05, 0.1) is 0 Å². The van der Waals surface area contributed by atoms with Gasteiger partial charge in [-0.25, -0.2) is 4.79 Å². The first-order chi connectivity index (χ1) is 15.9. The van der Waals surface area contributed by atoms with E-state index in [-0.39, 0.29) is 19.2 Å². The molecule has 1 aromatic heterocycles. The van der Waals surface area contributed by atoms with E-state index < -0.39 is 5.97 Å². The number of aryl methyl sites for hydroxylation is 1. The standard InChI is InChI=1S/C26H25NO5S/c1-17-12-22(18(2)27(17)14-20-6-10-24-25(13-20)32-16-31-24)23(28)15-30-26(29)11-7-19-4-8-21(33-3)9-5-19/h4-13H,14-16H2,1-3H3. The Morgan fingerprint density at radius 2 is 1.82 bits per heavy atom. The zero-order chi connectivity index (χ0) is 23.4. The molecule has 7 heteroatoms. The molecule has 0 atom stereocenters. The molecular formula is C26H25NO5S. The highest BCUT2D eigenvalue weighted by Crippen LogP contribution is 2.33. The molecule has 0 amide bonds. The molecule has 0 bridgehead atoms. The third-order valence-electron chi connectivity index (χ3n) is 5.52. The van der Waals surface area contributed by atoms with Gasteiger partial charge < -0.3 is 18.8 Å². The predicted octanol–water partition coefficient (Wildman–Crippen LogP) is 5.04. The van der Waals surface area contributed by atoms with Crippen molar-refractivity contribution in [3.63, 3.8) is 0 Å². The number of nitrogens with zero attached hydrogens (tertiary/aromatic N) is 1. The number of aromatic nitrogens is 1. The van der Waals surface area contributed by atoms with Crippen molar-refractivity contribution < 1.29 is 23.8 Å². The van der Waals surface area contributed by atoms with Crippen LogP contribution in [0.5, 0.6) is 11.5 Å². The summed E-state index contributed by atoms with van der Waals surface area (Å²) in [7, 11) is 0. The number of fused-ring (bicyclic) bond motifs is 1. The van der Waals surface area contributed by atoms with Crippen molar-refractivity contribution in [2.24, 2.45) is 0 Å². The van der Waals surface area contributed by atoms with Crippen molar-refractivity contribution in [1.82, 2.24) is 4.57 Å². The van der Waals surface area contributed by atoms with Crippen LogP contribution in [0.15, 0.2) is 59.5 Å². The molecule has 2 heterocycles. The first-order valence-corrected chi connectivity index (χ1v) is 11.7. The number of esters is 1. The second-order valence-electron chi connectivity index (χ2n) is 7.70. The molecule has 0 fully saturated rings. The van der Waals surface area contributed by atoms with E-state index in [0.29, 0.717) is 12.1 Å². The van der Waals surface area contributed by atoms with Crippen molar-refractivity contribution in [1.29, 1.82) is 0 Å². The Kier molecular flexibility index (Phi) is 6.89. The second kappa shape index (κ2) is 10.0. The van der Waals surface area contributed by atoms with E-state index >= 15 is 0 Å². The molecule has 3 aromatic rings. The summed E-state index contributed by atoms with van der Waals surface area (Å²) in [6.45, 7) is 4.38. The minimum Gasteiger partial charge on any atom is -0.454 e. The van der Waals surface area contributed by atoms with Gasteiger partial charge in [-0.1, -0.05) is 18.2 Å². The van der Waals surface area contributed by atoms with Crippen molar-refractivity contribution >= 4 is 29.6 Å².